The first-order valence-electron chi connectivity index (χ1n) is 6.16. The molecule has 1 aromatic rings. The van der Waals surface area contributed by atoms with E-state index in [1.54, 1.807) is 6.92 Å². The van der Waals surface area contributed by atoms with Crippen LogP contribution >= 0.6 is 0 Å². The number of carbonyl (C=O) groups is 2. The average molecular weight is 264 g/mol. The predicted molar refractivity (Wildman–Crippen MR) is 74.8 cm³/mol. The van der Waals surface area contributed by atoms with Crippen LogP contribution in [0.15, 0.2) is 18.2 Å². The van der Waals surface area contributed by atoms with Gasteiger partial charge in [-0.3, -0.25) is 10.2 Å². The lowest BCUT2D eigenvalue weighted by molar-refractivity contribution is -0.120. The quantitative estimate of drug-likeness (QED) is 0.614. The fraction of sp³-hybridized carbons (Fsp3) is 0.385. The van der Waals surface area contributed by atoms with E-state index < -0.39 is 6.03 Å². The number of hydrogen-bond acceptors (Lipinski definition) is 3. The Morgan fingerprint density at radius 1 is 1.11 bits per heavy atom. The molecule has 0 spiro atoms. The van der Waals surface area contributed by atoms with Gasteiger partial charge in [0.05, 0.1) is 6.54 Å². The van der Waals surface area contributed by atoms with Gasteiger partial charge >= 0.3 is 6.03 Å². The summed E-state index contributed by atoms with van der Waals surface area (Å²) in [5, 5.41) is 5.49. The van der Waals surface area contributed by atoms with Gasteiger partial charge in [-0.25, -0.2) is 10.2 Å². The molecule has 0 heterocycles. The van der Waals surface area contributed by atoms with E-state index in [-0.39, 0.29) is 12.5 Å². The van der Waals surface area contributed by atoms with Crippen molar-refractivity contribution in [1.82, 2.24) is 16.2 Å². The van der Waals surface area contributed by atoms with Crippen molar-refractivity contribution in [2.45, 2.75) is 20.8 Å². The van der Waals surface area contributed by atoms with Crippen LogP contribution in [0.2, 0.25) is 0 Å². The largest absolute Gasteiger partial charge is 0.376 e. The second-order valence-electron chi connectivity index (χ2n) is 4.19. The van der Waals surface area contributed by atoms with Crippen molar-refractivity contribution in [3.05, 3.63) is 29.3 Å². The molecule has 104 valence electrons. The molecule has 0 atom stereocenters. The minimum atomic E-state index is -0.429. The van der Waals surface area contributed by atoms with E-state index in [2.05, 4.69) is 21.5 Å². The zero-order valence-corrected chi connectivity index (χ0v) is 11.5. The van der Waals surface area contributed by atoms with E-state index in [9.17, 15) is 9.59 Å². The van der Waals surface area contributed by atoms with Gasteiger partial charge < -0.3 is 10.6 Å². The number of rotatable bonds is 4. The van der Waals surface area contributed by atoms with Crippen LogP contribution in [-0.4, -0.2) is 25.0 Å². The van der Waals surface area contributed by atoms with Gasteiger partial charge in [-0.15, -0.1) is 0 Å². The first-order chi connectivity index (χ1) is 9.02. The summed E-state index contributed by atoms with van der Waals surface area (Å²) < 4.78 is 0. The molecule has 1 aromatic carbocycles. The highest BCUT2D eigenvalue weighted by molar-refractivity contribution is 5.83. The molecular formula is C13H20N4O2. The number of nitrogens with one attached hydrogen (secondary N) is 4. The smallest absolute Gasteiger partial charge is 0.333 e. The lowest BCUT2D eigenvalue weighted by Crippen LogP contribution is -2.48. The average Bonchev–Trinajstić information content (AvgIpc) is 2.38. The number of amides is 3. The number of urea groups is 1. The molecule has 3 amide bonds. The molecule has 0 aromatic heterocycles. The Kier molecular flexibility index (Phi) is 5.66. The molecule has 0 unspecified atom stereocenters. The molecule has 0 radical (unpaired) electrons. The van der Waals surface area contributed by atoms with Crippen LogP contribution in [0.1, 0.15) is 18.1 Å². The molecule has 0 saturated carbocycles. The van der Waals surface area contributed by atoms with E-state index in [0.29, 0.717) is 6.54 Å². The van der Waals surface area contributed by atoms with Gasteiger partial charge in [0.2, 0.25) is 0 Å². The Morgan fingerprint density at radius 2 is 1.84 bits per heavy atom. The number of hydrazine groups is 1. The minimum Gasteiger partial charge on any atom is -0.376 e. The van der Waals surface area contributed by atoms with Gasteiger partial charge in [0.25, 0.3) is 5.91 Å². The van der Waals surface area contributed by atoms with Crippen molar-refractivity contribution < 1.29 is 9.59 Å². The summed E-state index contributed by atoms with van der Waals surface area (Å²) in [6.45, 7) is 6.43. The molecular weight excluding hydrogens is 244 g/mol. The van der Waals surface area contributed by atoms with E-state index in [1.807, 2.05) is 32.0 Å². The normalized spacial score (nSPS) is 9.63. The summed E-state index contributed by atoms with van der Waals surface area (Å²) in [5.41, 5.74) is 7.78. The summed E-state index contributed by atoms with van der Waals surface area (Å²) in [7, 11) is 0. The lowest BCUT2D eigenvalue weighted by atomic mass is 10.1. The third-order valence-electron chi connectivity index (χ3n) is 2.61. The van der Waals surface area contributed by atoms with Gasteiger partial charge in [-0.1, -0.05) is 6.07 Å². The fourth-order valence-electron chi connectivity index (χ4n) is 1.41. The maximum Gasteiger partial charge on any atom is 0.333 e. The third-order valence-corrected chi connectivity index (χ3v) is 2.61. The van der Waals surface area contributed by atoms with Crippen LogP contribution < -0.4 is 21.5 Å². The standard InChI is InChI=1S/C13H20N4O2/c1-4-14-13(19)17-16-12(18)8-15-11-6-5-9(2)10(3)7-11/h5-7,15H,4,8H2,1-3H3,(H,16,18)(H2,14,17,19). The molecule has 0 fully saturated rings. The SMILES string of the molecule is CCNC(=O)NNC(=O)CNc1ccc(C)c(C)c1. The zero-order valence-electron chi connectivity index (χ0n) is 11.5. The van der Waals surface area contributed by atoms with Crippen molar-refractivity contribution in [2.75, 3.05) is 18.4 Å². The van der Waals surface area contributed by atoms with E-state index in [4.69, 9.17) is 0 Å². The molecule has 0 saturated heterocycles. The molecule has 1 rings (SSSR count). The second-order valence-corrected chi connectivity index (χ2v) is 4.19. The Balaban J connectivity index is 2.33. The Labute approximate surface area is 112 Å². The van der Waals surface area contributed by atoms with Crippen molar-refractivity contribution in [3.63, 3.8) is 0 Å². The van der Waals surface area contributed by atoms with Gasteiger partial charge in [0.1, 0.15) is 0 Å². The van der Waals surface area contributed by atoms with Crippen molar-refractivity contribution in [2.24, 2.45) is 0 Å². The zero-order chi connectivity index (χ0) is 14.3. The first kappa shape index (κ1) is 14.8. The van der Waals surface area contributed by atoms with Crippen LogP contribution in [0.25, 0.3) is 0 Å². The van der Waals surface area contributed by atoms with Crippen LogP contribution in [0.4, 0.5) is 10.5 Å². The Morgan fingerprint density at radius 3 is 2.47 bits per heavy atom. The third kappa shape index (κ3) is 5.29. The monoisotopic (exact) mass is 264 g/mol. The van der Waals surface area contributed by atoms with Crippen LogP contribution in [-0.2, 0) is 4.79 Å². The number of benzene rings is 1. The molecule has 6 heteroatoms. The highest BCUT2D eigenvalue weighted by Crippen LogP contribution is 2.13. The maximum atomic E-state index is 11.5. The lowest BCUT2D eigenvalue weighted by Gasteiger charge is -2.10. The summed E-state index contributed by atoms with van der Waals surface area (Å²) in [5.74, 6) is -0.315. The van der Waals surface area contributed by atoms with Gasteiger partial charge in [0.15, 0.2) is 0 Å². The molecule has 0 bridgehead atoms. The number of aryl methyl sites for hydroxylation is 2. The first-order valence-corrected chi connectivity index (χ1v) is 6.16. The molecule has 0 aliphatic heterocycles. The highest BCUT2D eigenvalue weighted by Gasteiger charge is 2.03. The van der Waals surface area contributed by atoms with E-state index >= 15 is 0 Å². The molecule has 4 N–H and O–H groups in total. The predicted octanol–water partition coefficient (Wildman–Crippen LogP) is 1.07. The summed E-state index contributed by atoms with van der Waals surface area (Å²) >= 11 is 0. The summed E-state index contributed by atoms with van der Waals surface area (Å²) in [4.78, 5) is 22.5. The number of hydrogen-bond donors (Lipinski definition) is 4. The van der Waals surface area contributed by atoms with Crippen molar-refractivity contribution >= 4 is 17.6 Å². The highest BCUT2D eigenvalue weighted by atomic mass is 16.2. The Bertz CT molecular complexity index is 460. The number of carbonyl (C=O) groups excluding carboxylic acids is 2. The number of anilines is 1. The van der Waals surface area contributed by atoms with Gasteiger partial charge in [0, 0.05) is 12.2 Å². The topological polar surface area (TPSA) is 82.3 Å². The van der Waals surface area contributed by atoms with E-state index in [1.165, 1.54) is 5.56 Å². The van der Waals surface area contributed by atoms with Crippen molar-refractivity contribution in [1.29, 1.82) is 0 Å². The van der Waals surface area contributed by atoms with E-state index in [0.717, 1.165) is 11.3 Å². The van der Waals surface area contributed by atoms with Crippen LogP contribution in [0, 0.1) is 13.8 Å². The molecule has 0 aliphatic rings. The minimum absolute atomic E-state index is 0.0922. The summed E-state index contributed by atoms with van der Waals surface area (Å²) in [6, 6.07) is 5.44. The summed E-state index contributed by atoms with van der Waals surface area (Å²) in [6.07, 6.45) is 0. The van der Waals surface area contributed by atoms with Gasteiger partial charge in [-0.05, 0) is 44.0 Å². The molecule has 0 aliphatic carbocycles. The molecule has 6 nitrogen and oxygen atoms in total. The van der Waals surface area contributed by atoms with Crippen LogP contribution in [0.3, 0.4) is 0 Å². The van der Waals surface area contributed by atoms with Gasteiger partial charge in [-0.2, -0.15) is 0 Å². The fourth-order valence-corrected chi connectivity index (χ4v) is 1.41. The molecule has 19 heavy (non-hydrogen) atoms. The maximum absolute atomic E-state index is 11.5. The van der Waals surface area contributed by atoms with Crippen molar-refractivity contribution in [3.8, 4) is 0 Å². The van der Waals surface area contributed by atoms with Crippen LogP contribution in [0.5, 0.6) is 0 Å². The Hall–Kier alpha value is -2.24. The second kappa shape index (κ2) is 7.25.